The molecule has 4 heterocycles. The Labute approximate surface area is 246 Å². The van der Waals surface area contributed by atoms with Crippen LogP contribution in [0.25, 0.3) is 11.0 Å². The number of halogens is 2. The number of pyridine rings is 1. The molecule has 0 amide bonds. The fourth-order valence-corrected chi connectivity index (χ4v) is 7.21. The van der Waals surface area contributed by atoms with Crippen molar-refractivity contribution in [3.8, 4) is 6.01 Å². The highest BCUT2D eigenvalue weighted by Crippen LogP contribution is 2.41. The predicted molar refractivity (Wildman–Crippen MR) is 160 cm³/mol. The third-order valence-electron chi connectivity index (χ3n) is 8.36. The summed E-state index contributed by atoms with van der Waals surface area (Å²) in [5.41, 5.74) is 2.95. The third-order valence-corrected chi connectivity index (χ3v) is 10.1. The van der Waals surface area contributed by atoms with Gasteiger partial charge in [-0.05, 0) is 77.0 Å². The first-order valence-corrected chi connectivity index (χ1v) is 16.2. The Morgan fingerprint density at radius 1 is 1.14 bits per heavy atom. The topological polar surface area (TPSA) is 101 Å². The molecule has 0 spiro atoms. The molecule has 5 rings (SSSR count). The first-order valence-electron chi connectivity index (χ1n) is 14.4. The van der Waals surface area contributed by atoms with Gasteiger partial charge in [-0.2, -0.15) is 9.97 Å². The van der Waals surface area contributed by atoms with Crippen molar-refractivity contribution in [3.05, 3.63) is 52.7 Å². The summed E-state index contributed by atoms with van der Waals surface area (Å²) in [7, 11) is 2.73. The number of likely N-dealkylation sites (tertiary alicyclic amines) is 1. The molecule has 228 valence electrons. The van der Waals surface area contributed by atoms with Crippen LogP contribution in [0.15, 0.2) is 30.3 Å². The van der Waals surface area contributed by atoms with Crippen LogP contribution in [0.1, 0.15) is 54.1 Å². The Morgan fingerprint density at radius 2 is 1.86 bits per heavy atom. The van der Waals surface area contributed by atoms with Crippen LogP contribution in [0.4, 0.5) is 14.6 Å². The molecule has 2 fully saturated rings. The minimum Gasteiger partial charge on any atom is -0.462 e. The number of hydrogen-bond acceptors (Lipinski definition) is 9. The van der Waals surface area contributed by atoms with Crippen molar-refractivity contribution in [2.75, 3.05) is 64.2 Å². The summed E-state index contributed by atoms with van der Waals surface area (Å²) in [6, 6.07) is 8.39. The van der Waals surface area contributed by atoms with Crippen LogP contribution in [-0.2, 0) is 15.8 Å². The SMILES string of the molecule is Cc1nc2nc(OCCN(C)C)nc(N[C@H](C)c3cccc(C(F)(F)C4CN(C)C4)c3)c2cc1C1CCS(=O)(=O)CC1. The van der Waals surface area contributed by atoms with E-state index in [1.807, 2.05) is 56.9 Å². The zero-order chi connectivity index (χ0) is 30.2. The number of nitrogens with one attached hydrogen (secondary N) is 1. The van der Waals surface area contributed by atoms with Gasteiger partial charge < -0.3 is 19.9 Å². The molecular weight excluding hydrogens is 562 g/mol. The number of nitrogens with zero attached hydrogens (tertiary/aromatic N) is 5. The highest BCUT2D eigenvalue weighted by molar-refractivity contribution is 7.91. The van der Waals surface area contributed by atoms with Crippen LogP contribution in [-0.4, -0.2) is 92.1 Å². The minimum absolute atomic E-state index is 0.0128. The fraction of sp³-hybridized carbons (Fsp3) is 0.567. The van der Waals surface area contributed by atoms with Gasteiger partial charge in [-0.3, -0.25) is 0 Å². The van der Waals surface area contributed by atoms with E-state index in [0.29, 0.717) is 61.5 Å². The van der Waals surface area contributed by atoms with Crippen molar-refractivity contribution in [2.45, 2.75) is 44.6 Å². The largest absolute Gasteiger partial charge is 0.462 e. The zero-order valence-electron chi connectivity index (χ0n) is 24.9. The smallest absolute Gasteiger partial charge is 0.320 e. The third kappa shape index (κ3) is 6.65. The van der Waals surface area contributed by atoms with Crippen molar-refractivity contribution >= 4 is 26.7 Å². The molecule has 3 aromatic rings. The van der Waals surface area contributed by atoms with E-state index in [4.69, 9.17) is 9.72 Å². The van der Waals surface area contributed by atoms with E-state index in [-0.39, 0.29) is 35.0 Å². The van der Waals surface area contributed by atoms with Gasteiger partial charge in [-0.25, -0.2) is 22.2 Å². The highest BCUT2D eigenvalue weighted by atomic mass is 32.2. The standard InChI is InChI=1S/C30H40F2N6O3S/c1-19(22-7-6-8-23(15-22)30(31,32)24-17-38(5)18-24)33-27-26-16-25(21-9-13-42(39,40)14-10-21)20(2)34-28(26)36-29(35-27)41-12-11-37(3)4/h6-8,15-16,19,21,24H,9-14,17-18H2,1-5H3,(H,33,34,35,36)/t19-/m1/s1. The summed E-state index contributed by atoms with van der Waals surface area (Å²) in [6.45, 7) is 5.62. The van der Waals surface area contributed by atoms with Gasteiger partial charge in [-0.1, -0.05) is 18.2 Å². The van der Waals surface area contributed by atoms with Crippen molar-refractivity contribution in [3.63, 3.8) is 0 Å². The van der Waals surface area contributed by atoms with Gasteiger partial charge in [0.1, 0.15) is 22.3 Å². The Morgan fingerprint density at radius 3 is 2.52 bits per heavy atom. The molecule has 2 aromatic heterocycles. The van der Waals surface area contributed by atoms with E-state index in [1.54, 1.807) is 12.1 Å². The van der Waals surface area contributed by atoms with Crippen LogP contribution >= 0.6 is 0 Å². The summed E-state index contributed by atoms with van der Waals surface area (Å²) in [6.07, 6.45) is 1.08. The maximum atomic E-state index is 15.3. The van der Waals surface area contributed by atoms with E-state index >= 15 is 8.78 Å². The molecule has 9 nitrogen and oxygen atoms in total. The number of rotatable bonds is 10. The quantitative estimate of drug-likeness (QED) is 0.362. The normalized spacial score (nSPS) is 19.1. The second kappa shape index (κ2) is 12.0. The highest BCUT2D eigenvalue weighted by Gasteiger charge is 2.46. The summed E-state index contributed by atoms with van der Waals surface area (Å²) in [5.74, 6) is -2.74. The molecule has 1 aromatic carbocycles. The van der Waals surface area contributed by atoms with Crippen LogP contribution in [0.2, 0.25) is 0 Å². The lowest BCUT2D eigenvalue weighted by molar-refractivity contribution is -0.118. The van der Waals surface area contributed by atoms with E-state index in [0.717, 1.165) is 11.3 Å². The van der Waals surface area contributed by atoms with E-state index in [2.05, 4.69) is 15.3 Å². The Bertz CT molecular complexity index is 1530. The zero-order valence-corrected chi connectivity index (χ0v) is 25.7. The number of hydrogen-bond donors (Lipinski definition) is 1. The van der Waals surface area contributed by atoms with Gasteiger partial charge in [0.25, 0.3) is 5.92 Å². The number of aryl methyl sites for hydroxylation is 1. The molecule has 0 unspecified atom stereocenters. The maximum absolute atomic E-state index is 15.3. The Balaban J connectivity index is 1.47. The number of sulfone groups is 1. The van der Waals surface area contributed by atoms with Crippen molar-refractivity contribution in [1.29, 1.82) is 0 Å². The van der Waals surface area contributed by atoms with Crippen LogP contribution in [0, 0.1) is 12.8 Å². The van der Waals surface area contributed by atoms with Gasteiger partial charge in [-0.15, -0.1) is 0 Å². The van der Waals surface area contributed by atoms with E-state index in [9.17, 15) is 8.42 Å². The molecule has 1 N–H and O–H groups in total. The van der Waals surface area contributed by atoms with Crippen LogP contribution in [0.5, 0.6) is 6.01 Å². The second-order valence-electron chi connectivity index (χ2n) is 12.0. The number of alkyl halides is 2. The summed E-state index contributed by atoms with van der Waals surface area (Å²) in [4.78, 5) is 17.9. The molecule has 2 aliphatic rings. The van der Waals surface area contributed by atoms with Gasteiger partial charge in [0.2, 0.25) is 0 Å². The number of ether oxygens (including phenoxy) is 1. The number of aromatic nitrogens is 3. The van der Waals surface area contributed by atoms with Crippen molar-refractivity contribution < 1.29 is 21.9 Å². The lowest BCUT2D eigenvalue weighted by Crippen LogP contribution is -2.51. The minimum atomic E-state index is -3.01. The molecule has 0 radical (unpaired) electrons. The van der Waals surface area contributed by atoms with Gasteiger partial charge in [0, 0.05) is 36.9 Å². The first kappa shape index (κ1) is 30.5. The first-order chi connectivity index (χ1) is 19.8. The molecular formula is C30H40F2N6O3S. The predicted octanol–water partition coefficient (Wildman–Crippen LogP) is 4.39. The molecule has 0 saturated carbocycles. The van der Waals surface area contributed by atoms with Crippen LogP contribution in [0.3, 0.4) is 0 Å². The Kier molecular flexibility index (Phi) is 8.69. The molecule has 12 heteroatoms. The molecule has 2 saturated heterocycles. The summed E-state index contributed by atoms with van der Waals surface area (Å²) in [5, 5.41) is 4.09. The number of anilines is 1. The van der Waals surface area contributed by atoms with Crippen molar-refractivity contribution in [2.24, 2.45) is 5.92 Å². The van der Waals surface area contributed by atoms with E-state index in [1.165, 1.54) is 6.07 Å². The van der Waals surface area contributed by atoms with Crippen LogP contribution < -0.4 is 10.1 Å². The van der Waals surface area contributed by atoms with Crippen molar-refractivity contribution in [1.82, 2.24) is 24.8 Å². The van der Waals surface area contributed by atoms with E-state index < -0.39 is 21.7 Å². The molecule has 42 heavy (non-hydrogen) atoms. The van der Waals surface area contributed by atoms with Gasteiger partial charge in [0.15, 0.2) is 5.65 Å². The lowest BCUT2D eigenvalue weighted by Gasteiger charge is -2.41. The number of fused-ring (bicyclic) bond motifs is 1. The average molecular weight is 603 g/mol. The molecule has 0 aliphatic carbocycles. The molecule has 2 aliphatic heterocycles. The van der Waals surface area contributed by atoms with Gasteiger partial charge in [0.05, 0.1) is 22.8 Å². The summed E-state index contributed by atoms with van der Waals surface area (Å²) < 4.78 is 60.5. The molecule has 0 bridgehead atoms. The molecule has 1 atom stereocenters. The number of likely N-dealkylation sites (N-methyl/N-ethyl adjacent to an activating group) is 1. The fourth-order valence-electron chi connectivity index (χ4n) is 5.72. The maximum Gasteiger partial charge on any atom is 0.320 e. The average Bonchev–Trinajstić information content (AvgIpc) is 2.91. The van der Waals surface area contributed by atoms with Gasteiger partial charge >= 0.3 is 6.01 Å². The number of benzene rings is 1. The lowest BCUT2D eigenvalue weighted by atomic mass is 9.87. The second-order valence-corrected chi connectivity index (χ2v) is 14.3. The summed E-state index contributed by atoms with van der Waals surface area (Å²) >= 11 is 0. The monoisotopic (exact) mass is 602 g/mol. The Hall–Kier alpha value is -2.96.